The fourth-order valence-electron chi connectivity index (χ4n) is 4.36. The molecule has 2 aliphatic carbocycles. The fraction of sp³-hybridized carbons (Fsp3) is 0.882. The predicted molar refractivity (Wildman–Crippen MR) is 81.8 cm³/mol. The summed E-state index contributed by atoms with van der Waals surface area (Å²) in [5.74, 6) is 0.250. The largest absolute Gasteiger partial charge is 0.344 e. The van der Waals surface area contributed by atoms with Gasteiger partial charge in [-0.1, -0.05) is 38.5 Å². The highest BCUT2D eigenvalue weighted by Crippen LogP contribution is 2.31. The van der Waals surface area contributed by atoms with Crippen LogP contribution in [0.2, 0.25) is 0 Å². The summed E-state index contributed by atoms with van der Waals surface area (Å²) >= 11 is 0. The highest BCUT2D eigenvalue weighted by Gasteiger charge is 2.38. The molecule has 3 rings (SSSR count). The van der Waals surface area contributed by atoms with Crippen molar-refractivity contribution in [2.24, 2.45) is 0 Å². The van der Waals surface area contributed by atoms with Gasteiger partial charge in [-0.05, 0) is 32.1 Å². The molecule has 0 spiro atoms. The van der Waals surface area contributed by atoms with E-state index < -0.39 is 0 Å². The molecule has 0 bridgehead atoms. The summed E-state index contributed by atoms with van der Waals surface area (Å²) in [6.07, 6.45) is 13.4. The molecule has 3 aliphatic rings. The van der Waals surface area contributed by atoms with Gasteiger partial charge in [-0.3, -0.25) is 9.59 Å². The first-order valence-electron chi connectivity index (χ1n) is 8.87. The predicted octanol–water partition coefficient (Wildman–Crippen LogP) is 2.76. The van der Waals surface area contributed by atoms with Crippen LogP contribution in [-0.4, -0.2) is 34.8 Å². The van der Waals surface area contributed by atoms with Gasteiger partial charge in [0.25, 0.3) is 0 Å². The Morgan fingerprint density at radius 2 is 1.38 bits per heavy atom. The third-order valence-corrected chi connectivity index (χ3v) is 5.48. The van der Waals surface area contributed by atoms with Crippen molar-refractivity contribution in [1.29, 1.82) is 0 Å². The van der Waals surface area contributed by atoms with E-state index in [1.807, 2.05) is 0 Å². The topological polar surface area (TPSA) is 49.4 Å². The van der Waals surface area contributed by atoms with Crippen LogP contribution in [0.5, 0.6) is 0 Å². The second-order valence-corrected chi connectivity index (χ2v) is 6.99. The zero-order chi connectivity index (χ0) is 14.7. The first kappa shape index (κ1) is 14.9. The Kier molecular flexibility index (Phi) is 4.81. The smallest absolute Gasteiger partial charge is 0.245 e. The molecule has 1 saturated heterocycles. The van der Waals surface area contributed by atoms with E-state index in [0.29, 0.717) is 24.9 Å². The first-order valence-corrected chi connectivity index (χ1v) is 8.87. The van der Waals surface area contributed by atoms with Crippen molar-refractivity contribution in [2.75, 3.05) is 0 Å². The Morgan fingerprint density at radius 1 is 0.857 bits per heavy atom. The average Bonchev–Trinajstić information content (AvgIpc) is 2.96. The van der Waals surface area contributed by atoms with E-state index in [1.165, 1.54) is 38.5 Å². The number of carbonyl (C=O) groups excluding carboxylic acids is 2. The maximum absolute atomic E-state index is 13.0. The molecule has 2 amide bonds. The van der Waals surface area contributed by atoms with Gasteiger partial charge in [0.1, 0.15) is 6.04 Å². The molecule has 118 valence electrons. The minimum atomic E-state index is -0.249. The van der Waals surface area contributed by atoms with Gasteiger partial charge in [-0.2, -0.15) is 0 Å². The summed E-state index contributed by atoms with van der Waals surface area (Å²) in [4.78, 5) is 26.7. The lowest BCUT2D eigenvalue weighted by Crippen LogP contribution is -2.54. The molecule has 4 nitrogen and oxygen atoms in total. The average molecular weight is 292 g/mol. The number of carbonyl (C=O) groups is 2. The SMILES string of the molecule is O=C1CC[C@@H](C(=O)N(C2CCCCC2)C2CCCCC2)N1. The Labute approximate surface area is 127 Å². The van der Waals surface area contributed by atoms with Crippen LogP contribution in [-0.2, 0) is 9.59 Å². The molecule has 1 N–H and O–H groups in total. The molecule has 3 fully saturated rings. The monoisotopic (exact) mass is 292 g/mol. The van der Waals surface area contributed by atoms with Crippen LogP contribution in [0.15, 0.2) is 0 Å². The molecular formula is C17H28N2O2. The summed E-state index contributed by atoms with van der Waals surface area (Å²) in [7, 11) is 0. The molecule has 0 unspecified atom stereocenters. The molecule has 0 radical (unpaired) electrons. The lowest BCUT2D eigenvalue weighted by atomic mass is 9.88. The van der Waals surface area contributed by atoms with E-state index in [1.54, 1.807) is 0 Å². The van der Waals surface area contributed by atoms with E-state index in [9.17, 15) is 9.59 Å². The standard InChI is InChI=1S/C17H28N2O2/c20-16-12-11-15(18-16)17(21)19(13-7-3-1-4-8-13)14-9-5-2-6-10-14/h13-15H,1-12H2,(H,18,20)/t15-/m0/s1. The van der Waals surface area contributed by atoms with Crippen molar-refractivity contribution < 1.29 is 9.59 Å². The number of nitrogens with zero attached hydrogens (tertiary/aromatic N) is 1. The summed E-state index contributed by atoms with van der Waals surface area (Å²) in [5.41, 5.74) is 0. The summed E-state index contributed by atoms with van der Waals surface area (Å²) < 4.78 is 0. The Morgan fingerprint density at radius 3 is 1.81 bits per heavy atom. The third-order valence-electron chi connectivity index (χ3n) is 5.48. The normalized spacial score (nSPS) is 28.4. The summed E-state index contributed by atoms with van der Waals surface area (Å²) in [5, 5.41) is 2.88. The van der Waals surface area contributed by atoms with Crippen LogP contribution in [0.25, 0.3) is 0 Å². The Bertz CT molecular complexity index is 366. The second-order valence-electron chi connectivity index (χ2n) is 6.99. The zero-order valence-corrected chi connectivity index (χ0v) is 13.0. The number of hydrogen-bond acceptors (Lipinski definition) is 2. The van der Waals surface area contributed by atoms with Crippen LogP contribution in [0.1, 0.15) is 77.0 Å². The van der Waals surface area contributed by atoms with Crippen molar-refractivity contribution in [2.45, 2.75) is 95.2 Å². The van der Waals surface area contributed by atoms with E-state index >= 15 is 0 Å². The van der Waals surface area contributed by atoms with Gasteiger partial charge in [-0.15, -0.1) is 0 Å². The molecule has 4 heteroatoms. The second kappa shape index (κ2) is 6.80. The first-order chi connectivity index (χ1) is 10.3. The molecule has 1 aliphatic heterocycles. The lowest BCUT2D eigenvalue weighted by Gasteiger charge is -2.42. The van der Waals surface area contributed by atoms with Gasteiger partial charge in [0.05, 0.1) is 0 Å². The minimum absolute atomic E-state index is 0.0422. The van der Waals surface area contributed by atoms with Crippen molar-refractivity contribution >= 4 is 11.8 Å². The molecule has 0 aromatic rings. The highest BCUT2D eigenvalue weighted by molar-refractivity contribution is 5.91. The van der Waals surface area contributed by atoms with Crippen LogP contribution in [0.4, 0.5) is 0 Å². The van der Waals surface area contributed by atoms with Crippen molar-refractivity contribution in [3.05, 3.63) is 0 Å². The van der Waals surface area contributed by atoms with Crippen LogP contribution >= 0.6 is 0 Å². The van der Waals surface area contributed by atoms with Gasteiger partial charge >= 0.3 is 0 Å². The summed E-state index contributed by atoms with van der Waals surface area (Å²) in [6, 6.07) is 0.597. The number of hydrogen-bond donors (Lipinski definition) is 1. The molecule has 0 aromatic heterocycles. The van der Waals surface area contributed by atoms with Crippen LogP contribution in [0.3, 0.4) is 0 Å². The maximum Gasteiger partial charge on any atom is 0.245 e. The van der Waals surface area contributed by atoms with E-state index in [4.69, 9.17) is 0 Å². The number of rotatable bonds is 3. The molecule has 21 heavy (non-hydrogen) atoms. The van der Waals surface area contributed by atoms with E-state index in [0.717, 1.165) is 25.7 Å². The highest BCUT2D eigenvalue weighted by atomic mass is 16.2. The quantitative estimate of drug-likeness (QED) is 0.869. The molecule has 1 heterocycles. The van der Waals surface area contributed by atoms with Gasteiger partial charge in [0.15, 0.2) is 0 Å². The van der Waals surface area contributed by atoms with E-state index in [2.05, 4.69) is 10.2 Å². The van der Waals surface area contributed by atoms with Crippen molar-refractivity contribution in [3.8, 4) is 0 Å². The molecule has 2 saturated carbocycles. The van der Waals surface area contributed by atoms with Crippen LogP contribution in [0, 0.1) is 0 Å². The zero-order valence-electron chi connectivity index (χ0n) is 13.0. The van der Waals surface area contributed by atoms with Gasteiger partial charge < -0.3 is 10.2 Å². The van der Waals surface area contributed by atoms with Crippen LogP contribution < -0.4 is 5.32 Å². The third kappa shape index (κ3) is 3.41. The number of nitrogens with one attached hydrogen (secondary N) is 1. The van der Waals surface area contributed by atoms with Gasteiger partial charge in [0, 0.05) is 18.5 Å². The Hall–Kier alpha value is -1.06. The van der Waals surface area contributed by atoms with E-state index in [-0.39, 0.29) is 17.9 Å². The van der Waals surface area contributed by atoms with Crippen molar-refractivity contribution in [3.63, 3.8) is 0 Å². The minimum Gasteiger partial charge on any atom is -0.344 e. The number of amides is 2. The maximum atomic E-state index is 13.0. The fourth-order valence-corrected chi connectivity index (χ4v) is 4.36. The van der Waals surface area contributed by atoms with Crippen molar-refractivity contribution in [1.82, 2.24) is 10.2 Å². The Balaban J connectivity index is 1.73. The molecule has 0 aromatic carbocycles. The van der Waals surface area contributed by atoms with Gasteiger partial charge in [0.2, 0.25) is 11.8 Å². The van der Waals surface area contributed by atoms with Gasteiger partial charge in [-0.25, -0.2) is 0 Å². The lowest BCUT2D eigenvalue weighted by molar-refractivity contribution is -0.140. The molecule has 1 atom stereocenters. The molecular weight excluding hydrogens is 264 g/mol. The summed E-state index contributed by atoms with van der Waals surface area (Å²) in [6.45, 7) is 0.